The molecule has 1 amide bonds. The summed E-state index contributed by atoms with van der Waals surface area (Å²) in [5, 5.41) is 9.53. The topological polar surface area (TPSA) is 77.5 Å². The van der Waals surface area contributed by atoms with Crippen molar-refractivity contribution in [3.8, 4) is 22.6 Å². The molecule has 0 aliphatic carbocycles. The number of aromatic nitrogens is 1. The van der Waals surface area contributed by atoms with Crippen LogP contribution >= 0.6 is 0 Å². The first-order valence-electron chi connectivity index (χ1n) is 11.3. The van der Waals surface area contributed by atoms with Gasteiger partial charge in [-0.15, -0.1) is 13.2 Å². The van der Waals surface area contributed by atoms with E-state index >= 15 is 0 Å². The Morgan fingerprint density at radius 2 is 1.79 bits per heavy atom. The molecule has 0 radical (unpaired) electrons. The Balaban J connectivity index is 2.09. The Labute approximate surface area is 197 Å². The first-order valence-corrected chi connectivity index (χ1v) is 11.3. The number of rotatable bonds is 10. The van der Waals surface area contributed by atoms with Gasteiger partial charge < -0.3 is 20.1 Å². The Bertz CT molecular complexity index is 1140. The van der Waals surface area contributed by atoms with Gasteiger partial charge in [0.05, 0.1) is 5.56 Å². The minimum Gasteiger partial charge on any atom is -0.508 e. The molecule has 3 rings (SSSR count). The van der Waals surface area contributed by atoms with Crippen molar-refractivity contribution in [1.29, 1.82) is 0 Å². The van der Waals surface area contributed by atoms with E-state index in [1.807, 2.05) is 16.7 Å². The number of nitrogens with two attached hydrogens (primary N) is 1. The monoisotopic (exact) mass is 474 g/mol. The molecule has 0 aliphatic heterocycles. The van der Waals surface area contributed by atoms with Gasteiger partial charge in [0.1, 0.15) is 11.5 Å². The molecule has 0 spiro atoms. The smallest absolute Gasteiger partial charge is 0.508 e. The van der Waals surface area contributed by atoms with Crippen LogP contribution in [0.5, 0.6) is 11.5 Å². The Morgan fingerprint density at radius 3 is 2.41 bits per heavy atom. The minimum atomic E-state index is -4.82. The summed E-state index contributed by atoms with van der Waals surface area (Å²) in [4.78, 5) is 12.5. The van der Waals surface area contributed by atoms with Crippen molar-refractivity contribution in [3.05, 3.63) is 71.0 Å². The number of aromatic hydroxyl groups is 1. The molecule has 5 nitrogen and oxygen atoms in total. The summed E-state index contributed by atoms with van der Waals surface area (Å²) in [5.74, 6) is -0.801. The Morgan fingerprint density at radius 1 is 1.09 bits per heavy atom. The number of nitrogens with zero attached hydrogens (tertiary/aromatic N) is 1. The number of hydrogen-bond acceptors (Lipinski definition) is 3. The second kappa shape index (κ2) is 10.7. The molecule has 0 saturated heterocycles. The lowest BCUT2D eigenvalue weighted by Crippen LogP contribution is -2.17. The zero-order valence-corrected chi connectivity index (χ0v) is 19.3. The van der Waals surface area contributed by atoms with Crippen LogP contribution in [0.3, 0.4) is 0 Å². The van der Waals surface area contributed by atoms with E-state index in [4.69, 9.17) is 5.73 Å². The van der Waals surface area contributed by atoms with Crippen LogP contribution < -0.4 is 10.5 Å². The molecule has 0 atom stereocenters. The van der Waals surface area contributed by atoms with Crippen LogP contribution in [0.15, 0.2) is 48.5 Å². The highest BCUT2D eigenvalue weighted by Crippen LogP contribution is 2.36. The van der Waals surface area contributed by atoms with Gasteiger partial charge in [0.2, 0.25) is 0 Å². The number of amides is 1. The van der Waals surface area contributed by atoms with Crippen molar-refractivity contribution in [2.75, 3.05) is 0 Å². The first-order chi connectivity index (χ1) is 16.1. The summed E-state index contributed by atoms with van der Waals surface area (Å²) in [7, 11) is 0. The minimum absolute atomic E-state index is 0.181. The maximum absolute atomic E-state index is 12.8. The van der Waals surface area contributed by atoms with Crippen LogP contribution in [0.25, 0.3) is 11.1 Å². The van der Waals surface area contributed by atoms with E-state index in [0.29, 0.717) is 41.8 Å². The normalized spacial score (nSPS) is 11.6. The fourth-order valence-electron chi connectivity index (χ4n) is 4.27. The zero-order valence-electron chi connectivity index (χ0n) is 19.3. The molecule has 0 bridgehead atoms. The SMILES string of the molecule is CCCCCc1c(-c2cccc(OC(F)(F)F)c2)c(C(N)=O)c(C)n1CCc1ccc(O)cc1. The number of unbranched alkanes of at least 4 members (excludes halogenated alkanes) is 2. The average molecular weight is 475 g/mol. The van der Waals surface area contributed by atoms with Crippen LogP contribution in [-0.4, -0.2) is 21.9 Å². The summed E-state index contributed by atoms with van der Waals surface area (Å²) < 4.78 is 44.6. The fourth-order valence-corrected chi connectivity index (χ4v) is 4.27. The number of carbonyl (C=O) groups is 1. The van der Waals surface area contributed by atoms with Crippen molar-refractivity contribution >= 4 is 5.91 Å². The molecule has 0 unspecified atom stereocenters. The van der Waals surface area contributed by atoms with E-state index < -0.39 is 12.3 Å². The molecular weight excluding hydrogens is 445 g/mol. The lowest BCUT2D eigenvalue weighted by Gasteiger charge is -2.14. The molecule has 1 heterocycles. The largest absolute Gasteiger partial charge is 0.573 e. The van der Waals surface area contributed by atoms with Gasteiger partial charge in [-0.1, -0.05) is 44.0 Å². The van der Waals surface area contributed by atoms with E-state index in [2.05, 4.69) is 11.7 Å². The number of benzene rings is 2. The second-order valence-corrected chi connectivity index (χ2v) is 8.25. The van der Waals surface area contributed by atoms with Gasteiger partial charge in [-0.25, -0.2) is 0 Å². The summed E-state index contributed by atoms with van der Waals surface area (Å²) >= 11 is 0. The molecule has 2 aromatic carbocycles. The second-order valence-electron chi connectivity index (χ2n) is 8.25. The summed E-state index contributed by atoms with van der Waals surface area (Å²) in [6.45, 7) is 4.44. The van der Waals surface area contributed by atoms with Crippen LogP contribution in [0.4, 0.5) is 13.2 Å². The van der Waals surface area contributed by atoms with Crippen LogP contribution in [0.1, 0.15) is 53.5 Å². The Hall–Kier alpha value is -3.42. The number of alkyl halides is 3. The molecule has 34 heavy (non-hydrogen) atoms. The predicted octanol–water partition coefficient (Wildman–Crippen LogP) is 6.14. The van der Waals surface area contributed by atoms with Crippen LogP contribution in [0, 0.1) is 6.92 Å². The average Bonchev–Trinajstić information content (AvgIpc) is 3.04. The first kappa shape index (κ1) is 25.2. The highest BCUT2D eigenvalue weighted by atomic mass is 19.4. The van der Waals surface area contributed by atoms with E-state index in [1.54, 1.807) is 25.1 Å². The van der Waals surface area contributed by atoms with Crippen LogP contribution in [0.2, 0.25) is 0 Å². The quantitative estimate of drug-likeness (QED) is 0.347. The molecule has 0 aliphatic rings. The molecular formula is C26H29F3N2O3. The van der Waals surface area contributed by atoms with Crippen molar-refractivity contribution in [2.45, 2.75) is 58.9 Å². The fraction of sp³-hybridized carbons (Fsp3) is 0.346. The number of phenolic OH excluding ortho intramolecular Hbond substituents is 1. The third kappa shape index (κ3) is 6.12. The van der Waals surface area contributed by atoms with Gasteiger partial charge >= 0.3 is 6.36 Å². The molecule has 3 N–H and O–H groups in total. The van der Waals surface area contributed by atoms with E-state index in [9.17, 15) is 23.1 Å². The van der Waals surface area contributed by atoms with Gasteiger partial charge in [-0.2, -0.15) is 0 Å². The molecule has 1 aromatic heterocycles. The Kier molecular flexibility index (Phi) is 7.91. The third-order valence-corrected chi connectivity index (χ3v) is 5.81. The van der Waals surface area contributed by atoms with Crippen molar-refractivity contribution in [3.63, 3.8) is 0 Å². The maximum Gasteiger partial charge on any atom is 0.573 e. The van der Waals surface area contributed by atoms with E-state index in [0.717, 1.165) is 30.5 Å². The summed E-state index contributed by atoms with van der Waals surface area (Å²) in [5.41, 5.74) is 9.62. The highest BCUT2D eigenvalue weighted by molar-refractivity contribution is 6.02. The standard InChI is InChI=1S/C26H29F3N2O3/c1-3-4-5-9-22-24(19-7-6-8-21(16-19)34-26(27,28)29)23(25(30)33)17(2)31(22)15-14-18-10-12-20(32)13-11-18/h6-8,10-13,16,32H,3-5,9,14-15H2,1-2H3,(H2,30,33). The molecule has 0 fully saturated rings. The number of halogens is 3. The lowest BCUT2D eigenvalue weighted by molar-refractivity contribution is -0.274. The molecule has 0 saturated carbocycles. The molecule has 3 aromatic rings. The third-order valence-electron chi connectivity index (χ3n) is 5.81. The van der Waals surface area contributed by atoms with Gasteiger partial charge in [-0.05, 0) is 61.6 Å². The van der Waals surface area contributed by atoms with E-state index in [-0.39, 0.29) is 11.5 Å². The number of aryl methyl sites for hydroxylation is 1. The predicted molar refractivity (Wildman–Crippen MR) is 125 cm³/mol. The summed E-state index contributed by atoms with van der Waals surface area (Å²) in [6, 6.07) is 12.6. The van der Waals surface area contributed by atoms with Gasteiger partial charge in [0.15, 0.2) is 0 Å². The number of carbonyl (C=O) groups excluding carboxylic acids is 1. The number of hydrogen-bond donors (Lipinski definition) is 2. The number of primary amides is 1. The van der Waals surface area contributed by atoms with Crippen molar-refractivity contribution in [1.82, 2.24) is 4.57 Å². The number of phenols is 1. The van der Waals surface area contributed by atoms with E-state index in [1.165, 1.54) is 18.2 Å². The summed E-state index contributed by atoms with van der Waals surface area (Å²) in [6.07, 6.45) is -0.683. The highest BCUT2D eigenvalue weighted by Gasteiger charge is 2.31. The molecule has 8 heteroatoms. The van der Waals surface area contributed by atoms with Crippen molar-refractivity contribution < 1.29 is 27.8 Å². The van der Waals surface area contributed by atoms with Gasteiger partial charge in [0, 0.05) is 23.5 Å². The maximum atomic E-state index is 12.8. The lowest BCUT2D eigenvalue weighted by atomic mass is 9.97. The zero-order chi connectivity index (χ0) is 24.9. The van der Waals surface area contributed by atoms with Crippen LogP contribution in [-0.2, 0) is 19.4 Å². The number of ether oxygens (including phenoxy) is 1. The van der Waals surface area contributed by atoms with Crippen molar-refractivity contribution in [2.24, 2.45) is 5.73 Å². The van der Waals surface area contributed by atoms with Gasteiger partial charge in [-0.3, -0.25) is 4.79 Å². The molecule has 182 valence electrons. The van der Waals surface area contributed by atoms with Gasteiger partial charge in [0.25, 0.3) is 5.91 Å².